The number of carbonyl (C=O) groups is 4. The van der Waals surface area contributed by atoms with Gasteiger partial charge in [-0.25, -0.2) is 4.79 Å². The van der Waals surface area contributed by atoms with Crippen molar-refractivity contribution in [2.24, 2.45) is 17.6 Å². The molecule has 0 saturated carbocycles. The van der Waals surface area contributed by atoms with E-state index < -0.39 is 42.3 Å². The van der Waals surface area contributed by atoms with Gasteiger partial charge in [0.25, 0.3) is 0 Å². The minimum atomic E-state index is -1.05. The Hall–Kier alpha value is -3.14. The normalized spacial score (nSPS) is 14.8. The Morgan fingerprint density at radius 2 is 1.32 bits per heavy atom. The molecule has 0 amide bonds. The fourth-order valence-electron chi connectivity index (χ4n) is 3.13. The van der Waals surface area contributed by atoms with Crippen molar-refractivity contribution in [2.45, 2.75) is 98.8 Å². The first-order chi connectivity index (χ1) is 17.9. The van der Waals surface area contributed by atoms with Gasteiger partial charge >= 0.3 is 24.1 Å². The molecule has 3 unspecified atom stereocenters. The van der Waals surface area contributed by atoms with Gasteiger partial charge in [0.15, 0.2) is 11.5 Å². The number of hydrogen-bond acceptors (Lipinski definition) is 10. The summed E-state index contributed by atoms with van der Waals surface area (Å²) in [7, 11) is 0. The number of rotatable bonds is 15. The number of esters is 3. The Balaban J connectivity index is 2.96. The molecule has 1 rings (SSSR count). The highest BCUT2D eigenvalue weighted by atomic mass is 16.7. The molecule has 0 aromatic heterocycles. The zero-order valence-corrected chi connectivity index (χ0v) is 23.6. The zero-order valence-electron chi connectivity index (χ0n) is 23.6. The topological polar surface area (TPSA) is 140 Å². The van der Waals surface area contributed by atoms with Gasteiger partial charge in [0.05, 0.1) is 6.61 Å². The van der Waals surface area contributed by atoms with E-state index in [2.05, 4.69) is 0 Å². The van der Waals surface area contributed by atoms with E-state index in [1.807, 2.05) is 27.7 Å². The van der Waals surface area contributed by atoms with Crippen molar-refractivity contribution < 1.29 is 42.9 Å². The third kappa shape index (κ3) is 11.9. The summed E-state index contributed by atoms with van der Waals surface area (Å²) >= 11 is 0. The molecule has 0 spiro atoms. The molecule has 10 nitrogen and oxygen atoms in total. The van der Waals surface area contributed by atoms with E-state index in [9.17, 15) is 19.2 Å². The molecule has 0 fully saturated rings. The van der Waals surface area contributed by atoms with E-state index in [-0.39, 0.29) is 49.2 Å². The zero-order chi connectivity index (χ0) is 28.8. The van der Waals surface area contributed by atoms with Gasteiger partial charge in [-0.15, -0.1) is 0 Å². The molecule has 0 aliphatic heterocycles. The monoisotopic (exact) mass is 537 g/mol. The molecule has 2 N–H and O–H groups in total. The summed E-state index contributed by atoms with van der Waals surface area (Å²) < 4.78 is 26.2. The lowest BCUT2D eigenvalue weighted by Gasteiger charge is -2.22. The van der Waals surface area contributed by atoms with Crippen LogP contribution in [0.3, 0.4) is 0 Å². The quantitative estimate of drug-likeness (QED) is 0.246. The van der Waals surface area contributed by atoms with Crippen molar-refractivity contribution in [3.8, 4) is 11.5 Å². The van der Waals surface area contributed by atoms with Crippen LogP contribution in [0.2, 0.25) is 0 Å². The summed E-state index contributed by atoms with van der Waals surface area (Å²) in [6, 6.07) is 3.64. The summed E-state index contributed by atoms with van der Waals surface area (Å²) in [5, 5.41) is 0. The van der Waals surface area contributed by atoms with Crippen molar-refractivity contribution in [1.29, 1.82) is 0 Å². The fraction of sp³-hybridized carbons (Fsp3) is 0.643. The predicted octanol–water partition coefficient (Wildman–Crippen LogP) is 4.73. The van der Waals surface area contributed by atoms with Crippen LogP contribution in [-0.2, 0) is 35.0 Å². The van der Waals surface area contributed by atoms with Crippen LogP contribution < -0.4 is 15.2 Å². The third-order valence-corrected chi connectivity index (χ3v) is 6.15. The lowest BCUT2D eigenvalue weighted by atomic mass is 10.0. The Morgan fingerprint density at radius 3 is 1.84 bits per heavy atom. The van der Waals surface area contributed by atoms with Crippen LogP contribution in [0.4, 0.5) is 4.79 Å². The van der Waals surface area contributed by atoms with Crippen LogP contribution in [0.1, 0.15) is 79.7 Å². The van der Waals surface area contributed by atoms with E-state index in [4.69, 9.17) is 29.4 Å². The summed E-state index contributed by atoms with van der Waals surface area (Å²) in [4.78, 5) is 48.9. The van der Waals surface area contributed by atoms with Crippen LogP contribution in [0.25, 0.3) is 0 Å². The molecule has 0 bridgehead atoms. The maximum Gasteiger partial charge on any atom is 0.508 e. The van der Waals surface area contributed by atoms with E-state index >= 15 is 0 Å². The number of carbonyl (C=O) groups excluding carboxylic acids is 4. The van der Waals surface area contributed by atoms with Crippen molar-refractivity contribution in [1.82, 2.24) is 0 Å². The molecule has 1 aromatic carbocycles. The van der Waals surface area contributed by atoms with Gasteiger partial charge in [0.2, 0.25) is 0 Å². The number of benzene rings is 1. The minimum absolute atomic E-state index is 0.0652. The Bertz CT molecular complexity index is 933. The van der Waals surface area contributed by atoms with E-state index in [0.29, 0.717) is 5.56 Å². The summed E-state index contributed by atoms with van der Waals surface area (Å²) in [6.07, 6.45) is -0.227. The fourth-order valence-corrected chi connectivity index (χ4v) is 3.13. The van der Waals surface area contributed by atoms with E-state index in [0.717, 1.165) is 12.8 Å². The van der Waals surface area contributed by atoms with Crippen molar-refractivity contribution in [2.75, 3.05) is 6.61 Å². The lowest BCUT2D eigenvalue weighted by Crippen LogP contribution is -2.39. The number of hydrogen-bond donors (Lipinski definition) is 1. The van der Waals surface area contributed by atoms with Crippen molar-refractivity contribution in [3.63, 3.8) is 0 Å². The summed E-state index contributed by atoms with van der Waals surface area (Å²) in [5.41, 5.74) is 6.65. The second kappa shape index (κ2) is 16.7. The largest absolute Gasteiger partial charge is 0.508 e. The lowest BCUT2D eigenvalue weighted by molar-refractivity contribution is -0.155. The average Bonchev–Trinajstić information content (AvgIpc) is 2.85. The Kier molecular flexibility index (Phi) is 14.4. The van der Waals surface area contributed by atoms with Crippen LogP contribution >= 0.6 is 0 Å². The number of nitrogens with two attached hydrogens (primary N) is 1. The summed E-state index contributed by atoms with van der Waals surface area (Å²) in [5.74, 6) is -1.11. The minimum Gasteiger partial charge on any atom is -0.458 e. The van der Waals surface area contributed by atoms with Crippen molar-refractivity contribution >= 4 is 24.1 Å². The molecule has 38 heavy (non-hydrogen) atoms. The summed E-state index contributed by atoms with van der Waals surface area (Å²) in [6.45, 7) is 12.8. The van der Waals surface area contributed by atoms with Crippen LogP contribution in [-0.4, -0.2) is 48.9 Å². The van der Waals surface area contributed by atoms with Gasteiger partial charge in [-0.05, 0) is 56.7 Å². The predicted molar refractivity (Wildman–Crippen MR) is 141 cm³/mol. The van der Waals surface area contributed by atoms with Crippen LogP contribution in [0.15, 0.2) is 18.2 Å². The van der Waals surface area contributed by atoms with Gasteiger partial charge in [-0.3, -0.25) is 14.4 Å². The van der Waals surface area contributed by atoms with Crippen molar-refractivity contribution in [3.05, 3.63) is 23.8 Å². The second-order valence-corrected chi connectivity index (χ2v) is 9.62. The first-order valence-electron chi connectivity index (χ1n) is 13.2. The molecule has 5 atom stereocenters. The van der Waals surface area contributed by atoms with E-state index in [1.165, 1.54) is 12.1 Å². The molecule has 10 heteroatoms. The highest BCUT2D eigenvalue weighted by molar-refractivity contribution is 5.77. The SMILES string of the molecule is CCOC(=O)OC(C)[C@H](C)OC(=O)[C@@H](N)Cc1ccc(OC(=O)CC(C)CC)c(OC(=O)CC(C)CC)c1. The first-order valence-corrected chi connectivity index (χ1v) is 13.2. The smallest absolute Gasteiger partial charge is 0.458 e. The Morgan fingerprint density at radius 1 is 0.789 bits per heavy atom. The average molecular weight is 538 g/mol. The number of ether oxygens (including phenoxy) is 5. The first kappa shape index (κ1) is 32.9. The molecule has 0 aliphatic carbocycles. The molecule has 0 radical (unpaired) electrons. The molecule has 0 heterocycles. The van der Waals surface area contributed by atoms with E-state index in [1.54, 1.807) is 26.8 Å². The maximum atomic E-state index is 12.6. The maximum absolute atomic E-state index is 12.6. The standard InChI is InChI=1S/C28H43NO9/c1-8-17(4)13-25(30)37-23-12-11-21(16-24(23)38-26(31)14-18(5)9-2)15-22(29)27(32)35-19(6)20(7)36-28(33)34-10-3/h11-12,16-20,22H,8-10,13-15,29H2,1-7H3/t17?,18?,19-,20?,22-/m0/s1. The Labute approximate surface area is 225 Å². The van der Waals surface area contributed by atoms with Gasteiger partial charge in [0.1, 0.15) is 18.2 Å². The second-order valence-electron chi connectivity index (χ2n) is 9.62. The highest BCUT2D eigenvalue weighted by Crippen LogP contribution is 2.30. The molecule has 214 valence electrons. The van der Waals surface area contributed by atoms with Gasteiger partial charge in [0, 0.05) is 12.8 Å². The van der Waals surface area contributed by atoms with Gasteiger partial charge < -0.3 is 29.4 Å². The molecular weight excluding hydrogens is 494 g/mol. The van der Waals surface area contributed by atoms with Crippen LogP contribution in [0.5, 0.6) is 11.5 Å². The molecular formula is C28H43NO9. The molecule has 0 aliphatic rings. The van der Waals surface area contributed by atoms with Gasteiger partial charge in [-0.2, -0.15) is 0 Å². The van der Waals surface area contributed by atoms with Crippen LogP contribution in [0, 0.1) is 11.8 Å². The van der Waals surface area contributed by atoms with Gasteiger partial charge in [-0.1, -0.05) is 46.6 Å². The third-order valence-electron chi connectivity index (χ3n) is 6.15. The highest BCUT2D eigenvalue weighted by Gasteiger charge is 2.25. The molecule has 0 saturated heterocycles. The molecule has 1 aromatic rings.